The highest BCUT2D eigenvalue weighted by atomic mass is 32.1. The average molecular weight is 449 g/mol. The van der Waals surface area contributed by atoms with Gasteiger partial charge < -0.3 is 19.7 Å². The average Bonchev–Trinajstić information content (AvgIpc) is 2.74. The molecule has 3 aromatic carbocycles. The van der Waals surface area contributed by atoms with Crippen LogP contribution in [0.25, 0.3) is 10.8 Å². The number of nitrogens with zero attached hydrogens (tertiary/aromatic N) is 1. The van der Waals surface area contributed by atoms with Crippen LogP contribution >= 0.6 is 12.2 Å². The van der Waals surface area contributed by atoms with E-state index >= 15 is 0 Å². The van der Waals surface area contributed by atoms with Gasteiger partial charge in [-0.1, -0.05) is 60.7 Å². The number of hydrogen-bond acceptors (Lipinski definition) is 4. The molecule has 0 bridgehead atoms. The quantitative estimate of drug-likeness (QED) is 0.476. The summed E-state index contributed by atoms with van der Waals surface area (Å²) >= 11 is 5.40. The summed E-state index contributed by atoms with van der Waals surface area (Å²) < 4.78 is 11.6. The molecule has 166 valence electrons. The van der Waals surface area contributed by atoms with E-state index in [9.17, 15) is 4.79 Å². The molecule has 6 heteroatoms. The summed E-state index contributed by atoms with van der Waals surface area (Å²) in [5.74, 6) is 0.742. The predicted molar refractivity (Wildman–Crippen MR) is 133 cm³/mol. The van der Waals surface area contributed by atoms with E-state index in [1.807, 2.05) is 64.1 Å². The lowest BCUT2D eigenvalue weighted by molar-refractivity contribution is 0.0249. The lowest BCUT2D eigenvalue weighted by Gasteiger charge is -2.33. The van der Waals surface area contributed by atoms with Gasteiger partial charge in [-0.15, -0.1) is 0 Å². The first-order valence-electron chi connectivity index (χ1n) is 10.7. The molecule has 1 amide bonds. The smallest absolute Gasteiger partial charge is 0.410 e. The highest BCUT2D eigenvalue weighted by Gasteiger charge is 2.30. The molecule has 1 aliphatic rings. The molecular weight excluding hydrogens is 420 g/mol. The summed E-state index contributed by atoms with van der Waals surface area (Å²) in [4.78, 5) is 15.4. The highest BCUT2D eigenvalue weighted by Crippen LogP contribution is 2.38. The van der Waals surface area contributed by atoms with Gasteiger partial charge in [-0.25, -0.2) is 4.79 Å². The van der Waals surface area contributed by atoms with E-state index in [4.69, 9.17) is 21.7 Å². The molecule has 2 atom stereocenters. The second-order valence-electron chi connectivity index (χ2n) is 9.07. The third-order valence-corrected chi connectivity index (χ3v) is 5.87. The lowest BCUT2D eigenvalue weighted by atomic mass is 9.92. The van der Waals surface area contributed by atoms with Crippen molar-refractivity contribution in [2.24, 2.45) is 0 Å². The monoisotopic (exact) mass is 448 g/mol. The van der Waals surface area contributed by atoms with Crippen LogP contribution in [-0.4, -0.2) is 34.7 Å². The van der Waals surface area contributed by atoms with Crippen molar-refractivity contribution >= 4 is 39.8 Å². The minimum absolute atomic E-state index is 0.179. The summed E-state index contributed by atoms with van der Waals surface area (Å²) in [7, 11) is 1.77. The van der Waals surface area contributed by atoms with Gasteiger partial charge in [-0.3, -0.25) is 0 Å². The Labute approximate surface area is 194 Å². The maximum absolute atomic E-state index is 13.1. The van der Waals surface area contributed by atoms with Gasteiger partial charge in [0.1, 0.15) is 22.4 Å². The number of thiocarbonyl (C=S) groups is 1. The summed E-state index contributed by atoms with van der Waals surface area (Å²) in [6.07, 6.45) is -0.567. The van der Waals surface area contributed by atoms with Crippen LogP contribution in [0.4, 0.5) is 10.5 Å². The fourth-order valence-electron chi connectivity index (χ4n) is 3.94. The highest BCUT2D eigenvalue weighted by molar-refractivity contribution is 7.80. The third-order valence-electron chi connectivity index (χ3n) is 5.44. The summed E-state index contributed by atoms with van der Waals surface area (Å²) in [5, 5.41) is 5.47. The van der Waals surface area contributed by atoms with Gasteiger partial charge in [0.25, 0.3) is 0 Å². The number of fused-ring (bicyclic) bond motifs is 2. The Morgan fingerprint density at radius 2 is 1.84 bits per heavy atom. The van der Waals surface area contributed by atoms with Crippen LogP contribution in [0.15, 0.2) is 60.7 Å². The Morgan fingerprint density at radius 3 is 2.59 bits per heavy atom. The zero-order chi connectivity index (χ0) is 23.0. The van der Waals surface area contributed by atoms with Crippen LogP contribution in [0.3, 0.4) is 0 Å². The van der Waals surface area contributed by atoms with Gasteiger partial charge in [0.15, 0.2) is 0 Å². The Morgan fingerprint density at radius 1 is 1.12 bits per heavy atom. The van der Waals surface area contributed by atoms with Gasteiger partial charge in [-0.05, 0) is 61.7 Å². The maximum atomic E-state index is 13.1. The minimum atomic E-state index is -0.595. The molecule has 0 aliphatic carbocycles. The molecule has 32 heavy (non-hydrogen) atoms. The summed E-state index contributed by atoms with van der Waals surface area (Å²) in [6.45, 7) is 7.52. The normalized spacial score (nSPS) is 16.5. The Kier molecular flexibility index (Phi) is 5.82. The molecule has 0 saturated heterocycles. The number of nitrogens with one attached hydrogen (secondary N) is 1. The standard InChI is InChI=1S/C26H28N2O3S/c1-16-24(32)27-21-15-18(13-14-22(21)30-16)23(28(5)25(29)31-26(2,3)4)20-12-8-10-17-9-6-7-11-19(17)20/h6-16,23H,1-5H3,(H,27,32). The van der Waals surface area contributed by atoms with Crippen LogP contribution < -0.4 is 10.1 Å². The molecule has 1 heterocycles. The number of carbonyl (C=O) groups excluding carboxylic acids is 1. The van der Waals surface area contributed by atoms with Gasteiger partial charge in [0, 0.05) is 7.05 Å². The van der Waals surface area contributed by atoms with Crippen molar-refractivity contribution in [1.29, 1.82) is 0 Å². The number of rotatable bonds is 3. The van der Waals surface area contributed by atoms with E-state index in [1.54, 1.807) is 11.9 Å². The second-order valence-corrected chi connectivity index (χ2v) is 9.51. The minimum Gasteiger partial charge on any atom is -0.481 e. The van der Waals surface area contributed by atoms with E-state index < -0.39 is 5.60 Å². The van der Waals surface area contributed by atoms with Crippen molar-refractivity contribution in [3.05, 3.63) is 71.8 Å². The number of ether oxygens (including phenoxy) is 2. The molecule has 2 unspecified atom stereocenters. The number of anilines is 1. The largest absolute Gasteiger partial charge is 0.481 e. The van der Waals surface area contributed by atoms with Crippen molar-refractivity contribution in [3.63, 3.8) is 0 Å². The molecule has 0 spiro atoms. The van der Waals surface area contributed by atoms with Crippen molar-refractivity contribution in [1.82, 2.24) is 4.90 Å². The summed E-state index contributed by atoms with van der Waals surface area (Å²) in [5.41, 5.74) is 2.15. The fourth-order valence-corrected chi connectivity index (χ4v) is 4.09. The molecule has 4 rings (SSSR count). The molecule has 3 aromatic rings. The van der Waals surface area contributed by atoms with Crippen LogP contribution in [0, 0.1) is 0 Å². The summed E-state index contributed by atoms with van der Waals surface area (Å²) in [6, 6.07) is 19.9. The van der Waals surface area contributed by atoms with E-state index in [2.05, 4.69) is 29.6 Å². The van der Waals surface area contributed by atoms with Crippen molar-refractivity contribution < 1.29 is 14.3 Å². The Bertz CT molecular complexity index is 1180. The van der Waals surface area contributed by atoms with E-state index in [0.29, 0.717) is 4.99 Å². The van der Waals surface area contributed by atoms with Gasteiger partial charge in [0.2, 0.25) is 0 Å². The van der Waals surface area contributed by atoms with Gasteiger partial charge in [0.05, 0.1) is 11.7 Å². The first-order chi connectivity index (χ1) is 15.1. The number of hydrogen-bond donors (Lipinski definition) is 1. The van der Waals surface area contributed by atoms with E-state index in [0.717, 1.165) is 33.3 Å². The Balaban J connectivity index is 1.84. The first-order valence-corrected chi connectivity index (χ1v) is 11.1. The van der Waals surface area contributed by atoms with E-state index in [1.165, 1.54) is 0 Å². The molecule has 0 radical (unpaired) electrons. The molecule has 0 fully saturated rings. The molecule has 1 N–H and O–H groups in total. The van der Waals surface area contributed by atoms with Crippen LogP contribution in [-0.2, 0) is 4.74 Å². The second kappa shape index (κ2) is 8.43. The fraction of sp³-hybridized carbons (Fsp3) is 0.308. The first kappa shape index (κ1) is 22.1. The topological polar surface area (TPSA) is 50.8 Å². The molecule has 1 aliphatic heterocycles. The van der Waals surface area contributed by atoms with Crippen LogP contribution in [0.1, 0.15) is 44.9 Å². The zero-order valence-electron chi connectivity index (χ0n) is 19.0. The lowest BCUT2D eigenvalue weighted by Crippen LogP contribution is -2.37. The Hall–Kier alpha value is -3.12. The van der Waals surface area contributed by atoms with Crippen LogP contribution in [0.2, 0.25) is 0 Å². The van der Waals surface area contributed by atoms with E-state index in [-0.39, 0.29) is 18.2 Å². The van der Waals surface area contributed by atoms with Crippen LogP contribution in [0.5, 0.6) is 5.75 Å². The van der Waals surface area contributed by atoms with Crippen molar-refractivity contribution in [2.45, 2.75) is 45.4 Å². The number of carbonyl (C=O) groups is 1. The number of amides is 1. The molecular formula is C26H28N2O3S. The maximum Gasteiger partial charge on any atom is 0.410 e. The predicted octanol–water partition coefficient (Wildman–Crippen LogP) is 6.32. The number of benzene rings is 3. The van der Waals surface area contributed by atoms with Crippen molar-refractivity contribution in [2.75, 3.05) is 12.4 Å². The molecule has 0 saturated carbocycles. The van der Waals surface area contributed by atoms with Crippen molar-refractivity contribution in [3.8, 4) is 5.75 Å². The zero-order valence-corrected chi connectivity index (χ0v) is 19.8. The van der Waals surface area contributed by atoms with Gasteiger partial charge in [-0.2, -0.15) is 0 Å². The molecule has 5 nitrogen and oxygen atoms in total. The third kappa shape index (κ3) is 4.41. The molecule has 0 aromatic heterocycles. The van der Waals surface area contributed by atoms with Gasteiger partial charge >= 0.3 is 6.09 Å². The SMILES string of the molecule is CC1Oc2ccc(C(c3cccc4ccccc34)N(C)C(=O)OC(C)(C)C)cc2NC1=S.